The summed E-state index contributed by atoms with van der Waals surface area (Å²) in [5.41, 5.74) is -4.19. The lowest BCUT2D eigenvalue weighted by molar-refractivity contribution is -0.404. The van der Waals surface area contributed by atoms with Gasteiger partial charge < -0.3 is 193 Å². The van der Waals surface area contributed by atoms with Gasteiger partial charge >= 0.3 is 11.9 Å². The van der Waals surface area contributed by atoms with Crippen molar-refractivity contribution in [3.63, 3.8) is 0 Å². The van der Waals surface area contributed by atoms with Gasteiger partial charge in [0.15, 0.2) is 56.2 Å². The number of carbonyl (C=O) groups is 2. The van der Waals surface area contributed by atoms with Crippen molar-refractivity contribution in [3.05, 3.63) is 11.6 Å². The van der Waals surface area contributed by atoms with Crippen molar-refractivity contribution in [2.45, 2.75) is 373 Å². The molecule has 8 heterocycles. The minimum Gasteiger partial charge on any atom is -0.457 e. The molecule has 12 fully saturated rings. The Kier molecular flexibility index (Phi) is 28.4. The van der Waals surface area contributed by atoms with E-state index in [2.05, 4.69) is 40.7 Å². The van der Waals surface area contributed by atoms with Gasteiger partial charge in [-0.3, -0.25) is 9.59 Å². The Labute approximate surface area is 686 Å². The van der Waals surface area contributed by atoms with E-state index in [0.717, 1.165) is 12.5 Å². The summed E-state index contributed by atoms with van der Waals surface area (Å²) in [5, 5.41) is 244. The van der Waals surface area contributed by atoms with Crippen molar-refractivity contribution in [2.24, 2.45) is 50.2 Å². The Bertz CT molecular complexity index is 3450. The lowest BCUT2D eigenvalue weighted by Crippen LogP contribution is -2.69. The van der Waals surface area contributed by atoms with Crippen LogP contribution in [0.5, 0.6) is 0 Å². The summed E-state index contributed by atoms with van der Waals surface area (Å²) in [5.74, 6) is -3.01. The molecule has 0 bridgehead atoms. The van der Waals surface area contributed by atoms with Crippen LogP contribution >= 0.6 is 0 Å². The van der Waals surface area contributed by atoms with Crippen molar-refractivity contribution in [1.29, 1.82) is 0 Å². The highest BCUT2D eigenvalue weighted by molar-refractivity contribution is 5.80. The zero-order chi connectivity index (χ0) is 86.9. The zero-order valence-electron chi connectivity index (χ0n) is 68.1. The van der Waals surface area contributed by atoms with Gasteiger partial charge in [-0.05, 0) is 116 Å². The lowest BCUT2D eigenvalue weighted by Gasteiger charge is -2.72. The monoisotopic (exact) mass is 1720 g/mol. The van der Waals surface area contributed by atoms with E-state index in [0.29, 0.717) is 44.9 Å². The van der Waals surface area contributed by atoms with Crippen LogP contribution in [0.1, 0.15) is 127 Å². The van der Waals surface area contributed by atoms with Crippen LogP contribution in [0.25, 0.3) is 0 Å². The third-order valence-corrected chi connectivity index (χ3v) is 29.3. The van der Waals surface area contributed by atoms with Crippen LogP contribution in [0.4, 0.5) is 0 Å². The second kappa shape index (κ2) is 36.0. The standard InChI is InChI=1S/C78H126O41/c1-27-57(113-64-51(96)42(87)32(84)25-103-64)60(115-66-53(98)48(93)44(89)34(21-79)108-66)56(101)69(105-27)118-63-61(116-67-54(99)49(94)45(90)35(22-80)109-67)58(107-29(3)83)28(2)106-70(63)119-72(102)78-18-17-73(4,5)19-31(78)30-11-12-39-75(8)15-14-41(74(6,7)38(75)13-16-76(39,9)77(30,10)20-40(78)86)112-71-62(117-68-55(100)50(95)46(91)36(23-81)110-68)59(47(92)37(24-82)111-71)114-65-52(97)43(88)33(85)26-104-65/h11,27-28,31-71,79-82,84-101H,12-26H2,1-10H3/t27-,28+,31-,32+,33+,34+,35+,36+,37+,38-,39+,40+,41-,42-,43-,44+,45+,46-,47-,48-,49-,50-,51+,52+,53+,54+,55+,56+,57-,58-,59-,60-,61-,62+,63+,64-,65-,66-,67-,68-,69-,70-,71-,75-,76+,77+,78+/m0/s1. The van der Waals surface area contributed by atoms with Crippen LogP contribution in [-0.4, -0.2) is 410 Å². The number of rotatable bonds is 21. The van der Waals surface area contributed by atoms with Crippen LogP contribution in [0, 0.1) is 50.2 Å². The predicted octanol–water partition coefficient (Wildman–Crippen LogP) is -7.86. The third-order valence-electron chi connectivity index (χ3n) is 29.3. The Morgan fingerprint density at radius 3 is 1.34 bits per heavy atom. The van der Waals surface area contributed by atoms with E-state index in [9.17, 15) is 117 Å². The largest absolute Gasteiger partial charge is 0.457 e. The van der Waals surface area contributed by atoms with Crippen LogP contribution in [0.15, 0.2) is 11.6 Å². The van der Waals surface area contributed by atoms with Gasteiger partial charge in [0.25, 0.3) is 0 Å². The summed E-state index contributed by atoms with van der Waals surface area (Å²) in [7, 11) is 0. The molecular weight excluding hydrogens is 1590 g/mol. The van der Waals surface area contributed by atoms with Crippen molar-refractivity contribution in [2.75, 3.05) is 39.6 Å². The predicted molar refractivity (Wildman–Crippen MR) is 389 cm³/mol. The van der Waals surface area contributed by atoms with Gasteiger partial charge in [0.05, 0.1) is 64.1 Å². The maximum Gasteiger partial charge on any atom is 0.317 e. The van der Waals surface area contributed by atoms with E-state index < -0.39 is 336 Å². The van der Waals surface area contributed by atoms with Crippen LogP contribution in [-0.2, 0) is 90.1 Å². The Balaban J connectivity index is 0.818. The quantitative estimate of drug-likeness (QED) is 0.0288. The van der Waals surface area contributed by atoms with Crippen LogP contribution in [0.2, 0.25) is 0 Å². The molecular formula is C78H126O41. The van der Waals surface area contributed by atoms with Gasteiger partial charge in [0.1, 0.15) is 164 Å². The summed E-state index contributed by atoms with van der Waals surface area (Å²) in [4.78, 5) is 29.9. The van der Waals surface area contributed by atoms with Crippen molar-refractivity contribution in [3.8, 4) is 0 Å². The van der Waals surface area contributed by atoms with E-state index in [1.54, 1.807) is 0 Å². The topological polar surface area (TPSA) is 636 Å². The fraction of sp³-hybridized carbons (Fsp3) is 0.949. The van der Waals surface area contributed by atoms with E-state index in [1.807, 2.05) is 13.8 Å². The van der Waals surface area contributed by atoms with E-state index in [1.165, 1.54) is 13.8 Å². The molecule has 0 spiro atoms. The molecule has 0 aromatic heterocycles. The first kappa shape index (κ1) is 93.8. The highest BCUT2D eigenvalue weighted by Gasteiger charge is 2.73. The second-order valence-electron chi connectivity index (χ2n) is 37.3. The number of aliphatic hydroxyl groups is 22. The summed E-state index contributed by atoms with van der Waals surface area (Å²) in [6, 6.07) is 0. The van der Waals surface area contributed by atoms with Crippen molar-refractivity contribution >= 4 is 11.9 Å². The molecule has 8 aliphatic heterocycles. The summed E-state index contributed by atoms with van der Waals surface area (Å²) in [6.45, 7) is 13.9. The molecule has 0 radical (unpaired) electrons. The maximum absolute atomic E-state index is 16.5. The molecule has 41 nitrogen and oxygen atoms in total. The second-order valence-corrected chi connectivity index (χ2v) is 37.3. The van der Waals surface area contributed by atoms with Gasteiger partial charge in [0, 0.05) is 6.92 Å². The summed E-state index contributed by atoms with van der Waals surface area (Å²) < 4.78 is 106. The minimum absolute atomic E-state index is 0.00687. The summed E-state index contributed by atoms with van der Waals surface area (Å²) in [6.07, 6.45) is -66.8. The van der Waals surface area contributed by atoms with Crippen LogP contribution in [0.3, 0.4) is 0 Å². The lowest BCUT2D eigenvalue weighted by atomic mass is 9.33. The van der Waals surface area contributed by atoms with Gasteiger partial charge in [-0.2, -0.15) is 0 Å². The van der Waals surface area contributed by atoms with Gasteiger partial charge in [-0.1, -0.05) is 60.1 Å². The van der Waals surface area contributed by atoms with E-state index in [4.69, 9.17) is 80.5 Å². The fourth-order valence-electron chi connectivity index (χ4n) is 22.2. The molecule has 0 aromatic rings. The molecule has 4 saturated carbocycles. The van der Waals surface area contributed by atoms with Gasteiger partial charge in [0.2, 0.25) is 6.29 Å². The Morgan fingerprint density at radius 1 is 0.403 bits per heavy atom. The smallest absolute Gasteiger partial charge is 0.317 e. The number of aliphatic hydroxyl groups excluding tert-OH is 22. The first-order valence-corrected chi connectivity index (χ1v) is 41.4. The molecule has 13 aliphatic rings. The first-order chi connectivity index (χ1) is 55.9. The van der Waals surface area contributed by atoms with Crippen LogP contribution < -0.4 is 0 Å². The Hall–Kier alpha value is -2.80. The molecule has 41 heteroatoms. The SMILES string of the molecule is CC(=O)O[C@@H]1[C@H](O[C@@H]2O[C@H](CO)[C@@H](O)[C@H](O)[C@H]2O)[C@@H](O[C@@H]2O[C@@H](C)[C@H](O[C@@H]3OC[C@@H](O)[C@H](O)[C@H]3O)[C@@H](O[C@@H]3O[C@H](CO)[C@@H](O)[C@H](O)[C@H]3O)[C@H]2O)[C@H](OC(=O)[C@]23CCC(C)(C)C[C@H]2C2=CC[C@@H]4[C@@]5(C)CC[C@H](O[C@@H]6O[C@H](CO)[C@H](O)[C@H](O[C@@H]7OC[C@@H](O)[C@H](O)[C@H]7O)[C@H]6O[C@@H]6O[C@H](CO)[C@H](O)[C@H](O)[C@H]6O)C(C)(C)[C@@H]5CC[C@@]4(C)[C@]2(C)C[C@H]3O)O[C@@H]1C. The minimum atomic E-state index is -2.29. The average molecular weight is 1720 g/mol. The normalized spacial score (nSPS) is 53.7. The molecule has 0 aromatic carbocycles. The summed E-state index contributed by atoms with van der Waals surface area (Å²) >= 11 is 0. The molecule has 22 N–H and O–H groups in total. The van der Waals surface area contributed by atoms with Crippen molar-refractivity contribution in [1.82, 2.24) is 0 Å². The molecule has 13 rings (SSSR count). The average Bonchev–Trinajstić information content (AvgIpc) is 0.669. The number of fused-ring (bicyclic) bond motifs is 7. The van der Waals surface area contributed by atoms with E-state index in [-0.39, 0.29) is 24.7 Å². The molecule has 8 saturated heterocycles. The van der Waals surface area contributed by atoms with Gasteiger partial charge in [-0.15, -0.1) is 0 Å². The Morgan fingerprint density at radius 2 is 0.832 bits per heavy atom. The highest BCUT2D eigenvalue weighted by Crippen LogP contribution is 2.76. The molecule has 5 aliphatic carbocycles. The molecule has 119 heavy (non-hydrogen) atoms. The first-order valence-electron chi connectivity index (χ1n) is 41.4. The number of ether oxygens (including phenoxy) is 17. The number of esters is 2. The maximum atomic E-state index is 16.5. The molecule has 0 unspecified atom stereocenters. The molecule has 47 atom stereocenters. The third kappa shape index (κ3) is 16.8. The molecule has 684 valence electrons. The zero-order valence-corrected chi connectivity index (χ0v) is 68.1. The highest BCUT2D eigenvalue weighted by atomic mass is 16.8. The van der Waals surface area contributed by atoms with Gasteiger partial charge in [-0.25, -0.2) is 0 Å². The van der Waals surface area contributed by atoms with Crippen molar-refractivity contribution < 1.29 is 202 Å². The number of allylic oxidation sites excluding steroid dienone is 2. The van der Waals surface area contributed by atoms with E-state index >= 15 is 4.79 Å². The number of hydrogen-bond acceptors (Lipinski definition) is 41. The molecule has 0 amide bonds. The number of hydrogen-bond donors (Lipinski definition) is 22. The fourth-order valence-corrected chi connectivity index (χ4v) is 22.2. The number of carbonyl (C=O) groups excluding carboxylic acids is 2.